The van der Waals surface area contributed by atoms with Gasteiger partial charge < -0.3 is 4.74 Å². The van der Waals surface area contributed by atoms with E-state index in [0.29, 0.717) is 5.92 Å². The summed E-state index contributed by atoms with van der Waals surface area (Å²) in [7, 11) is 0. The van der Waals surface area contributed by atoms with Crippen molar-refractivity contribution in [3.05, 3.63) is 41.7 Å². The summed E-state index contributed by atoms with van der Waals surface area (Å²) >= 11 is 0. The molecule has 2 rings (SSSR count). The first kappa shape index (κ1) is 13.2. The van der Waals surface area contributed by atoms with Crippen molar-refractivity contribution < 1.29 is 4.74 Å². The Morgan fingerprint density at radius 1 is 1.22 bits per heavy atom. The van der Waals surface area contributed by atoms with Crippen LogP contribution in [-0.4, -0.2) is 0 Å². The van der Waals surface area contributed by atoms with Crippen LogP contribution in [-0.2, 0) is 6.42 Å². The van der Waals surface area contributed by atoms with Gasteiger partial charge in [0.2, 0.25) is 0 Å². The normalized spacial score (nSPS) is 18.2. The van der Waals surface area contributed by atoms with Crippen LogP contribution in [0.5, 0.6) is 5.75 Å². The molecule has 98 valence electrons. The van der Waals surface area contributed by atoms with E-state index in [-0.39, 0.29) is 0 Å². The van der Waals surface area contributed by atoms with Crippen molar-refractivity contribution in [2.75, 3.05) is 0 Å². The lowest BCUT2D eigenvalue weighted by Gasteiger charge is -2.21. The summed E-state index contributed by atoms with van der Waals surface area (Å²) in [6.45, 7) is 4.53. The number of fused-ring (bicyclic) bond motifs is 1. The molecule has 0 aliphatic carbocycles. The highest BCUT2D eigenvalue weighted by molar-refractivity contribution is 5.37. The van der Waals surface area contributed by atoms with Crippen LogP contribution < -0.4 is 4.74 Å². The van der Waals surface area contributed by atoms with Gasteiger partial charge in [0.05, 0.1) is 0 Å². The number of allylic oxidation sites excluding steroid dienone is 2. The lowest BCUT2D eigenvalue weighted by atomic mass is 9.96. The second-order valence-corrected chi connectivity index (χ2v) is 5.15. The second-order valence-electron chi connectivity index (χ2n) is 5.15. The van der Waals surface area contributed by atoms with Crippen LogP contribution in [0.4, 0.5) is 0 Å². The lowest BCUT2D eigenvalue weighted by molar-refractivity contribution is 0.367. The first-order valence-electron chi connectivity index (χ1n) is 7.30. The SMILES string of the molecule is CCCCC(/C=C1/CCc2ccccc2O1)CC. The van der Waals surface area contributed by atoms with Crippen LogP contribution >= 0.6 is 0 Å². The van der Waals surface area contributed by atoms with E-state index in [0.717, 1.165) is 18.6 Å². The summed E-state index contributed by atoms with van der Waals surface area (Å²) in [6.07, 6.45) is 9.65. The molecule has 1 aliphatic heterocycles. The van der Waals surface area contributed by atoms with Crippen LogP contribution in [0.15, 0.2) is 36.1 Å². The summed E-state index contributed by atoms with van der Waals surface area (Å²) in [5, 5.41) is 0. The Hall–Kier alpha value is -1.24. The van der Waals surface area contributed by atoms with Gasteiger partial charge in [-0.05, 0) is 42.9 Å². The average molecular weight is 244 g/mol. The van der Waals surface area contributed by atoms with E-state index in [1.165, 1.54) is 37.0 Å². The fourth-order valence-corrected chi connectivity index (χ4v) is 2.51. The molecular formula is C17H24O. The summed E-state index contributed by atoms with van der Waals surface area (Å²) in [5.74, 6) is 2.92. The zero-order valence-corrected chi connectivity index (χ0v) is 11.6. The Kier molecular flexibility index (Phi) is 4.86. The Balaban J connectivity index is 2.02. The van der Waals surface area contributed by atoms with Gasteiger partial charge in [-0.2, -0.15) is 0 Å². The highest BCUT2D eigenvalue weighted by atomic mass is 16.5. The minimum Gasteiger partial charge on any atom is -0.462 e. The molecule has 1 heteroatoms. The molecule has 0 fully saturated rings. The number of rotatable bonds is 5. The topological polar surface area (TPSA) is 9.23 Å². The fourth-order valence-electron chi connectivity index (χ4n) is 2.51. The molecule has 0 bridgehead atoms. The molecule has 1 unspecified atom stereocenters. The van der Waals surface area contributed by atoms with Crippen molar-refractivity contribution in [3.63, 3.8) is 0 Å². The van der Waals surface area contributed by atoms with Crippen LogP contribution in [0.2, 0.25) is 0 Å². The Morgan fingerprint density at radius 3 is 2.83 bits per heavy atom. The number of benzene rings is 1. The molecule has 0 aromatic heterocycles. The van der Waals surface area contributed by atoms with Gasteiger partial charge in [0, 0.05) is 6.42 Å². The number of aryl methyl sites for hydroxylation is 1. The van der Waals surface area contributed by atoms with Gasteiger partial charge in [0.1, 0.15) is 11.5 Å². The van der Waals surface area contributed by atoms with Crippen molar-refractivity contribution in [1.29, 1.82) is 0 Å². The van der Waals surface area contributed by atoms with Crippen LogP contribution in [0.25, 0.3) is 0 Å². The van der Waals surface area contributed by atoms with Crippen LogP contribution in [0.3, 0.4) is 0 Å². The van der Waals surface area contributed by atoms with E-state index in [1.807, 2.05) is 0 Å². The van der Waals surface area contributed by atoms with E-state index < -0.39 is 0 Å². The highest BCUT2D eigenvalue weighted by Crippen LogP contribution is 2.30. The van der Waals surface area contributed by atoms with Gasteiger partial charge in [0.25, 0.3) is 0 Å². The van der Waals surface area contributed by atoms with Crippen molar-refractivity contribution >= 4 is 0 Å². The third-order valence-electron chi connectivity index (χ3n) is 3.73. The Morgan fingerprint density at radius 2 is 2.06 bits per heavy atom. The summed E-state index contributed by atoms with van der Waals surface area (Å²) in [6, 6.07) is 8.39. The molecule has 0 saturated heterocycles. The zero-order chi connectivity index (χ0) is 12.8. The summed E-state index contributed by atoms with van der Waals surface area (Å²) in [5.41, 5.74) is 1.34. The monoisotopic (exact) mass is 244 g/mol. The molecule has 18 heavy (non-hydrogen) atoms. The Bertz CT molecular complexity index is 406. The van der Waals surface area contributed by atoms with E-state index in [2.05, 4.69) is 44.2 Å². The first-order valence-corrected chi connectivity index (χ1v) is 7.30. The van der Waals surface area contributed by atoms with Gasteiger partial charge >= 0.3 is 0 Å². The molecule has 0 spiro atoms. The van der Waals surface area contributed by atoms with Crippen molar-refractivity contribution in [2.45, 2.75) is 52.4 Å². The molecule has 0 saturated carbocycles. The standard InChI is InChI=1S/C17H24O/c1-3-5-8-14(4-2)13-16-12-11-15-9-6-7-10-17(15)18-16/h6-7,9-10,13-14H,3-5,8,11-12H2,1-2H3/b16-13-. The second kappa shape index (κ2) is 6.63. The minimum absolute atomic E-state index is 0.685. The number of unbranched alkanes of at least 4 members (excludes halogenated alkanes) is 1. The van der Waals surface area contributed by atoms with E-state index in [4.69, 9.17) is 4.74 Å². The molecule has 1 aromatic rings. The van der Waals surface area contributed by atoms with Gasteiger partial charge in [-0.15, -0.1) is 0 Å². The minimum atomic E-state index is 0.685. The van der Waals surface area contributed by atoms with Gasteiger partial charge in [-0.1, -0.05) is 44.9 Å². The number of ether oxygens (including phenoxy) is 1. The maximum absolute atomic E-state index is 6.01. The fraction of sp³-hybridized carbons (Fsp3) is 0.529. The molecule has 0 amide bonds. The van der Waals surface area contributed by atoms with Crippen LogP contribution in [0, 0.1) is 5.92 Å². The maximum Gasteiger partial charge on any atom is 0.130 e. The zero-order valence-electron chi connectivity index (χ0n) is 11.6. The molecule has 1 nitrogen and oxygen atoms in total. The molecule has 1 aromatic carbocycles. The van der Waals surface area contributed by atoms with E-state index in [9.17, 15) is 0 Å². The lowest BCUT2D eigenvalue weighted by Crippen LogP contribution is -2.08. The predicted octanol–water partition coefficient (Wildman–Crippen LogP) is 5.11. The number of para-hydroxylation sites is 1. The largest absolute Gasteiger partial charge is 0.462 e. The predicted molar refractivity (Wildman–Crippen MR) is 76.8 cm³/mol. The molecule has 1 heterocycles. The number of hydrogen-bond acceptors (Lipinski definition) is 1. The smallest absolute Gasteiger partial charge is 0.130 e. The molecule has 1 atom stereocenters. The molecule has 0 radical (unpaired) electrons. The summed E-state index contributed by atoms with van der Waals surface area (Å²) < 4.78 is 6.01. The van der Waals surface area contributed by atoms with E-state index in [1.54, 1.807) is 0 Å². The molecular weight excluding hydrogens is 220 g/mol. The van der Waals surface area contributed by atoms with Crippen molar-refractivity contribution in [3.8, 4) is 5.75 Å². The maximum atomic E-state index is 6.01. The Labute approximate surface area is 111 Å². The third kappa shape index (κ3) is 3.38. The quantitative estimate of drug-likeness (QED) is 0.699. The third-order valence-corrected chi connectivity index (χ3v) is 3.73. The van der Waals surface area contributed by atoms with Crippen LogP contribution in [0.1, 0.15) is 51.5 Å². The van der Waals surface area contributed by atoms with Gasteiger partial charge in [0.15, 0.2) is 0 Å². The van der Waals surface area contributed by atoms with Gasteiger partial charge in [-0.3, -0.25) is 0 Å². The van der Waals surface area contributed by atoms with E-state index >= 15 is 0 Å². The number of hydrogen-bond donors (Lipinski definition) is 0. The average Bonchev–Trinajstić information content (AvgIpc) is 2.43. The van der Waals surface area contributed by atoms with Crippen molar-refractivity contribution in [2.24, 2.45) is 5.92 Å². The molecule has 1 aliphatic rings. The molecule has 0 N–H and O–H groups in total. The first-order chi connectivity index (χ1) is 8.83. The van der Waals surface area contributed by atoms with Gasteiger partial charge in [-0.25, -0.2) is 0 Å². The highest BCUT2D eigenvalue weighted by Gasteiger charge is 2.15. The summed E-state index contributed by atoms with van der Waals surface area (Å²) in [4.78, 5) is 0. The van der Waals surface area contributed by atoms with Crippen molar-refractivity contribution in [1.82, 2.24) is 0 Å².